The van der Waals surface area contributed by atoms with Gasteiger partial charge in [-0.15, -0.1) is 0 Å². The molecule has 2 atom stereocenters. The number of para-hydroxylation sites is 1. The fraction of sp³-hybridized carbons (Fsp3) is 0.400. The number of alkyl carbamates (subject to hydrolysis) is 1. The number of aliphatic carboxylic acids is 1. The first-order chi connectivity index (χ1) is 19.0. The average molecular weight is 549 g/mol. The summed E-state index contributed by atoms with van der Waals surface area (Å²) in [5.41, 5.74) is 1.59. The van der Waals surface area contributed by atoms with E-state index in [1.165, 1.54) is 0 Å². The first-order valence-corrected chi connectivity index (χ1v) is 13.4. The summed E-state index contributed by atoms with van der Waals surface area (Å²) in [6.45, 7) is 5.88. The Balaban J connectivity index is 1.42. The predicted octanol–water partition coefficient (Wildman–Crippen LogP) is 3.78. The van der Waals surface area contributed by atoms with Crippen LogP contribution in [0.4, 0.5) is 4.79 Å². The van der Waals surface area contributed by atoms with E-state index in [2.05, 4.69) is 15.6 Å². The number of nitrogens with one attached hydrogen (secondary N) is 3. The van der Waals surface area contributed by atoms with Crippen molar-refractivity contribution in [3.8, 4) is 0 Å². The number of piperidine rings is 1. The van der Waals surface area contributed by atoms with Crippen LogP contribution in [-0.2, 0) is 25.5 Å². The molecule has 0 aliphatic carbocycles. The van der Waals surface area contributed by atoms with Crippen LogP contribution >= 0.6 is 0 Å². The molecule has 3 aromatic rings. The molecule has 10 heteroatoms. The molecular weight excluding hydrogens is 512 g/mol. The van der Waals surface area contributed by atoms with Crippen molar-refractivity contribution in [3.05, 3.63) is 71.9 Å². The molecule has 2 aromatic carbocycles. The number of carbonyl (C=O) groups is 4. The molecule has 2 heterocycles. The van der Waals surface area contributed by atoms with Crippen LogP contribution in [0.25, 0.3) is 10.9 Å². The largest absolute Gasteiger partial charge is 0.479 e. The number of aromatic amines is 1. The SMILES string of the molecule is CC(C)(C)OC(=O)N[C@@H](Cc1c[nH]c2ccccc12)C(=O)N1CCC(C(=O)N[C@H](C(=O)O)c2ccccc2)CC1. The smallest absolute Gasteiger partial charge is 0.408 e. The van der Waals surface area contributed by atoms with Crippen LogP contribution < -0.4 is 10.6 Å². The van der Waals surface area contributed by atoms with E-state index in [0.29, 0.717) is 31.5 Å². The summed E-state index contributed by atoms with van der Waals surface area (Å²) < 4.78 is 5.42. The number of carboxylic acid groups (broad SMARTS) is 1. The first-order valence-electron chi connectivity index (χ1n) is 13.4. The van der Waals surface area contributed by atoms with E-state index in [-0.39, 0.29) is 18.2 Å². The van der Waals surface area contributed by atoms with E-state index in [0.717, 1.165) is 16.5 Å². The van der Waals surface area contributed by atoms with Crippen LogP contribution in [0.1, 0.15) is 50.8 Å². The van der Waals surface area contributed by atoms with Gasteiger partial charge >= 0.3 is 12.1 Å². The van der Waals surface area contributed by atoms with Gasteiger partial charge < -0.3 is 30.4 Å². The second kappa shape index (κ2) is 12.2. The highest BCUT2D eigenvalue weighted by Gasteiger charge is 2.34. The highest BCUT2D eigenvalue weighted by atomic mass is 16.6. The predicted molar refractivity (Wildman–Crippen MR) is 149 cm³/mol. The van der Waals surface area contributed by atoms with E-state index in [9.17, 15) is 24.3 Å². The number of hydrogen-bond donors (Lipinski definition) is 4. The summed E-state index contributed by atoms with van der Waals surface area (Å²) in [6.07, 6.45) is 2.18. The van der Waals surface area contributed by atoms with Crippen molar-refractivity contribution in [2.24, 2.45) is 5.92 Å². The lowest BCUT2D eigenvalue weighted by Crippen LogP contribution is -2.53. The highest BCUT2D eigenvalue weighted by Crippen LogP contribution is 2.23. The van der Waals surface area contributed by atoms with Crippen molar-refractivity contribution >= 4 is 34.8 Å². The summed E-state index contributed by atoms with van der Waals surface area (Å²) in [7, 11) is 0. The number of carboxylic acids is 1. The molecule has 1 saturated heterocycles. The molecule has 10 nitrogen and oxygen atoms in total. The number of aromatic nitrogens is 1. The Morgan fingerprint density at radius 3 is 2.30 bits per heavy atom. The summed E-state index contributed by atoms with van der Waals surface area (Å²) in [5, 5.41) is 16.0. The number of rotatable bonds is 8. The van der Waals surface area contributed by atoms with Gasteiger partial charge in [-0.1, -0.05) is 48.5 Å². The standard InChI is InChI=1S/C30H36N4O6/c1-30(2,3)40-29(39)32-24(17-21-18-31-23-12-8-7-11-22(21)23)27(36)34-15-13-20(14-16-34)26(35)33-25(28(37)38)19-9-5-4-6-10-19/h4-12,18,20,24-25,31H,13-17H2,1-3H3,(H,32,39)(H,33,35)(H,37,38)/t24-,25-/m0/s1. The third-order valence-corrected chi connectivity index (χ3v) is 6.93. The third-order valence-electron chi connectivity index (χ3n) is 6.93. The zero-order chi connectivity index (χ0) is 28.9. The molecule has 1 fully saturated rings. The van der Waals surface area contributed by atoms with E-state index in [1.807, 2.05) is 30.5 Å². The lowest BCUT2D eigenvalue weighted by molar-refractivity contribution is -0.143. The molecule has 1 aromatic heterocycles. The molecule has 0 bridgehead atoms. The molecule has 1 aliphatic heterocycles. The number of amides is 3. The molecule has 0 radical (unpaired) electrons. The van der Waals surface area contributed by atoms with E-state index >= 15 is 0 Å². The monoisotopic (exact) mass is 548 g/mol. The second-order valence-electron chi connectivity index (χ2n) is 11.1. The van der Waals surface area contributed by atoms with Gasteiger partial charge in [0.05, 0.1) is 0 Å². The number of carbonyl (C=O) groups excluding carboxylic acids is 3. The summed E-state index contributed by atoms with van der Waals surface area (Å²) in [5.74, 6) is -2.19. The van der Waals surface area contributed by atoms with Gasteiger partial charge in [0.2, 0.25) is 11.8 Å². The Labute approximate surface area is 233 Å². The van der Waals surface area contributed by atoms with E-state index in [4.69, 9.17) is 4.74 Å². The fourth-order valence-corrected chi connectivity index (χ4v) is 4.95. The molecular formula is C30H36N4O6. The molecule has 1 aliphatic rings. The van der Waals surface area contributed by atoms with Crippen LogP contribution in [0.15, 0.2) is 60.8 Å². The molecule has 0 unspecified atom stereocenters. The van der Waals surface area contributed by atoms with Crippen LogP contribution in [0.5, 0.6) is 0 Å². The molecule has 0 saturated carbocycles. The molecule has 4 N–H and O–H groups in total. The summed E-state index contributed by atoms with van der Waals surface area (Å²) in [4.78, 5) is 55.9. The maximum atomic E-state index is 13.7. The normalized spacial score (nSPS) is 15.7. The van der Waals surface area contributed by atoms with Gasteiger partial charge in [0, 0.05) is 42.5 Å². The maximum Gasteiger partial charge on any atom is 0.408 e. The number of fused-ring (bicyclic) bond motifs is 1. The summed E-state index contributed by atoms with van der Waals surface area (Å²) in [6, 6.07) is 14.3. The van der Waals surface area contributed by atoms with Crippen molar-refractivity contribution in [2.75, 3.05) is 13.1 Å². The fourth-order valence-electron chi connectivity index (χ4n) is 4.95. The number of H-pyrrole nitrogens is 1. The molecule has 3 amide bonds. The third kappa shape index (κ3) is 7.19. The lowest BCUT2D eigenvalue weighted by Gasteiger charge is -2.34. The first kappa shape index (κ1) is 28.7. The zero-order valence-electron chi connectivity index (χ0n) is 23.0. The Hall–Kier alpha value is -4.34. The second-order valence-corrected chi connectivity index (χ2v) is 11.1. The summed E-state index contributed by atoms with van der Waals surface area (Å²) >= 11 is 0. The van der Waals surface area contributed by atoms with Gasteiger partial charge in [0.1, 0.15) is 11.6 Å². The molecule has 0 spiro atoms. The van der Waals surface area contributed by atoms with Crippen molar-refractivity contribution in [1.82, 2.24) is 20.5 Å². The quantitative estimate of drug-likeness (QED) is 0.338. The van der Waals surface area contributed by atoms with Gasteiger partial charge in [-0.3, -0.25) is 9.59 Å². The Morgan fingerprint density at radius 1 is 1.00 bits per heavy atom. The van der Waals surface area contributed by atoms with Gasteiger partial charge in [-0.2, -0.15) is 0 Å². The number of benzene rings is 2. The minimum atomic E-state index is -1.15. The van der Waals surface area contributed by atoms with Gasteiger partial charge in [0.15, 0.2) is 6.04 Å². The van der Waals surface area contributed by atoms with Gasteiger partial charge in [0.25, 0.3) is 0 Å². The molecule has 212 valence electrons. The van der Waals surface area contributed by atoms with E-state index in [1.54, 1.807) is 56.0 Å². The highest BCUT2D eigenvalue weighted by molar-refractivity contribution is 5.89. The minimum absolute atomic E-state index is 0.261. The Kier molecular flexibility index (Phi) is 8.77. The number of ether oxygens (including phenoxy) is 1. The number of nitrogens with zero attached hydrogens (tertiary/aromatic N) is 1. The molecule has 40 heavy (non-hydrogen) atoms. The van der Waals surface area contributed by atoms with E-state index < -0.39 is 35.7 Å². The lowest BCUT2D eigenvalue weighted by atomic mass is 9.94. The van der Waals surface area contributed by atoms with Crippen molar-refractivity contribution in [3.63, 3.8) is 0 Å². The Morgan fingerprint density at radius 2 is 1.65 bits per heavy atom. The van der Waals surface area contributed by atoms with Crippen molar-refractivity contribution in [2.45, 2.75) is 57.7 Å². The van der Waals surface area contributed by atoms with Crippen LogP contribution in [0.2, 0.25) is 0 Å². The Bertz CT molecular complexity index is 1360. The van der Waals surface area contributed by atoms with Crippen LogP contribution in [0.3, 0.4) is 0 Å². The molecule has 4 rings (SSSR count). The number of hydrogen-bond acceptors (Lipinski definition) is 5. The average Bonchev–Trinajstić information content (AvgIpc) is 3.33. The topological polar surface area (TPSA) is 141 Å². The van der Waals surface area contributed by atoms with Crippen molar-refractivity contribution in [1.29, 1.82) is 0 Å². The van der Waals surface area contributed by atoms with Crippen molar-refractivity contribution < 1.29 is 29.0 Å². The van der Waals surface area contributed by atoms with Gasteiger partial charge in [-0.25, -0.2) is 9.59 Å². The maximum absolute atomic E-state index is 13.7. The number of likely N-dealkylation sites (tertiary alicyclic amines) is 1. The zero-order valence-corrected chi connectivity index (χ0v) is 23.0. The minimum Gasteiger partial charge on any atom is -0.479 e. The van der Waals surface area contributed by atoms with Crippen LogP contribution in [-0.4, -0.2) is 63.6 Å². The van der Waals surface area contributed by atoms with Crippen LogP contribution in [0, 0.1) is 5.92 Å². The van der Waals surface area contributed by atoms with Gasteiger partial charge in [-0.05, 0) is 50.8 Å².